The number of anilines is 2. The minimum absolute atomic E-state index is 0.0446. The Kier molecular flexibility index (Phi) is 4.85. The number of thiazole rings is 1. The zero-order valence-corrected chi connectivity index (χ0v) is 16.7. The molecule has 0 fully saturated rings. The minimum Gasteiger partial charge on any atom is -0.375 e. The summed E-state index contributed by atoms with van der Waals surface area (Å²) < 4.78 is 55.1. The van der Waals surface area contributed by atoms with Crippen LogP contribution in [0, 0.1) is 11.6 Å². The smallest absolute Gasteiger partial charge is 0.264 e. The maximum absolute atomic E-state index is 13.9. The van der Waals surface area contributed by atoms with E-state index in [9.17, 15) is 17.2 Å². The van der Waals surface area contributed by atoms with Crippen LogP contribution in [0.5, 0.6) is 0 Å². The lowest BCUT2D eigenvalue weighted by Crippen LogP contribution is -2.15. The third-order valence-corrected chi connectivity index (χ3v) is 6.55. The Labute approximate surface area is 173 Å². The molecule has 0 radical (unpaired) electrons. The van der Waals surface area contributed by atoms with Gasteiger partial charge in [-0.15, -0.1) is 0 Å². The first-order valence-electron chi connectivity index (χ1n) is 8.03. The van der Waals surface area contributed by atoms with E-state index in [2.05, 4.69) is 14.7 Å². The van der Waals surface area contributed by atoms with Gasteiger partial charge in [-0.2, -0.15) is 0 Å². The molecule has 29 heavy (non-hydrogen) atoms. The number of benzene rings is 2. The number of aromatic nitrogens is 2. The van der Waals surface area contributed by atoms with Crippen molar-refractivity contribution < 1.29 is 17.2 Å². The summed E-state index contributed by atoms with van der Waals surface area (Å²) in [5.74, 6) is -2.10. The minimum atomic E-state index is -4.35. The molecule has 0 aliphatic carbocycles. The molecule has 2 aromatic heterocycles. The van der Waals surface area contributed by atoms with Crippen LogP contribution < -0.4 is 10.5 Å². The molecule has 2 heterocycles. The number of pyridine rings is 1. The van der Waals surface area contributed by atoms with Crippen molar-refractivity contribution in [1.29, 1.82) is 0 Å². The highest BCUT2D eigenvalue weighted by Gasteiger charge is 2.21. The molecule has 4 aromatic rings. The van der Waals surface area contributed by atoms with E-state index >= 15 is 0 Å². The van der Waals surface area contributed by atoms with Gasteiger partial charge in [-0.05, 0) is 35.9 Å². The van der Waals surface area contributed by atoms with Crippen LogP contribution in [0.25, 0.3) is 21.3 Å². The van der Waals surface area contributed by atoms with Crippen LogP contribution in [0.2, 0.25) is 5.15 Å². The number of nitrogens with zero attached hydrogens (tertiary/aromatic N) is 2. The molecule has 0 saturated heterocycles. The number of hydrogen-bond acceptors (Lipinski definition) is 6. The van der Waals surface area contributed by atoms with Gasteiger partial charge in [0.2, 0.25) is 0 Å². The molecule has 0 amide bonds. The highest BCUT2D eigenvalue weighted by molar-refractivity contribution is 7.92. The number of nitrogens with one attached hydrogen (secondary N) is 1. The monoisotopic (exact) mass is 452 g/mol. The summed E-state index contributed by atoms with van der Waals surface area (Å²) in [6.45, 7) is 0. The van der Waals surface area contributed by atoms with E-state index < -0.39 is 26.6 Å². The van der Waals surface area contributed by atoms with E-state index in [1.807, 2.05) is 6.07 Å². The van der Waals surface area contributed by atoms with E-state index in [-0.39, 0.29) is 10.8 Å². The first-order valence-corrected chi connectivity index (χ1v) is 10.7. The second-order valence-electron chi connectivity index (χ2n) is 5.98. The Morgan fingerprint density at radius 3 is 2.62 bits per heavy atom. The fourth-order valence-corrected chi connectivity index (χ4v) is 4.79. The molecule has 0 spiro atoms. The van der Waals surface area contributed by atoms with Crippen LogP contribution in [-0.4, -0.2) is 18.4 Å². The number of hydrogen-bond donors (Lipinski definition) is 2. The Bertz CT molecular complexity index is 1360. The molecule has 2 aromatic carbocycles. The molecule has 4 rings (SSSR count). The molecule has 0 saturated carbocycles. The zero-order valence-electron chi connectivity index (χ0n) is 14.4. The largest absolute Gasteiger partial charge is 0.375 e. The van der Waals surface area contributed by atoms with Crippen LogP contribution >= 0.6 is 22.9 Å². The van der Waals surface area contributed by atoms with E-state index in [0.29, 0.717) is 16.8 Å². The van der Waals surface area contributed by atoms with Gasteiger partial charge in [0.15, 0.2) is 10.3 Å². The molecule has 0 aliphatic rings. The van der Waals surface area contributed by atoms with Gasteiger partial charge in [-0.1, -0.05) is 29.0 Å². The van der Waals surface area contributed by atoms with Gasteiger partial charge in [-0.25, -0.2) is 27.2 Å². The molecule has 0 aliphatic heterocycles. The van der Waals surface area contributed by atoms with E-state index in [0.717, 1.165) is 27.9 Å². The van der Waals surface area contributed by atoms with Crippen molar-refractivity contribution in [2.24, 2.45) is 0 Å². The van der Waals surface area contributed by atoms with Gasteiger partial charge in [0, 0.05) is 17.8 Å². The predicted octanol–water partition coefficient (Wildman–Crippen LogP) is 4.67. The van der Waals surface area contributed by atoms with Crippen molar-refractivity contribution in [3.05, 3.63) is 65.4 Å². The third kappa shape index (κ3) is 3.86. The molecule has 6 nitrogen and oxygen atoms in total. The molecule has 0 bridgehead atoms. The van der Waals surface area contributed by atoms with Crippen molar-refractivity contribution in [3.63, 3.8) is 0 Å². The molecule has 11 heteroatoms. The second kappa shape index (κ2) is 7.21. The quantitative estimate of drug-likeness (QED) is 0.438. The van der Waals surface area contributed by atoms with E-state index in [1.54, 1.807) is 12.1 Å². The van der Waals surface area contributed by atoms with Gasteiger partial charge in [0.05, 0.1) is 15.9 Å². The summed E-state index contributed by atoms with van der Waals surface area (Å²) in [4.78, 5) is 7.48. The summed E-state index contributed by atoms with van der Waals surface area (Å²) in [7, 11) is -4.35. The van der Waals surface area contributed by atoms with Gasteiger partial charge in [-0.3, -0.25) is 4.72 Å². The van der Waals surface area contributed by atoms with Crippen LogP contribution in [0.1, 0.15) is 0 Å². The molecule has 148 valence electrons. The number of sulfonamides is 1. The average molecular weight is 453 g/mol. The van der Waals surface area contributed by atoms with Crippen LogP contribution in [0.4, 0.5) is 19.6 Å². The van der Waals surface area contributed by atoms with Crippen LogP contribution in [0.3, 0.4) is 0 Å². The Hall–Kier alpha value is -2.82. The maximum Gasteiger partial charge on any atom is 0.264 e. The fraction of sp³-hybridized carbons (Fsp3) is 0. The SMILES string of the molecule is Nc1nc2ccc(-c3cnc(Cl)c(NS(=O)(=O)c4ccc(F)cc4F)c3)cc2s1. The van der Waals surface area contributed by atoms with E-state index in [1.165, 1.54) is 23.6 Å². The highest BCUT2D eigenvalue weighted by atomic mass is 35.5. The van der Waals surface area contributed by atoms with Crippen molar-refractivity contribution >= 4 is 54.0 Å². The van der Waals surface area contributed by atoms with Crippen molar-refractivity contribution in [2.45, 2.75) is 4.90 Å². The number of rotatable bonds is 4. The lowest BCUT2D eigenvalue weighted by Gasteiger charge is -2.11. The lowest BCUT2D eigenvalue weighted by molar-refractivity contribution is 0.551. The van der Waals surface area contributed by atoms with Gasteiger partial charge in [0.1, 0.15) is 16.5 Å². The molecular formula is C18H11ClF2N4O2S2. The Morgan fingerprint density at radius 2 is 1.86 bits per heavy atom. The number of halogens is 3. The van der Waals surface area contributed by atoms with Crippen molar-refractivity contribution in [2.75, 3.05) is 10.5 Å². The van der Waals surface area contributed by atoms with Crippen LogP contribution in [0.15, 0.2) is 53.6 Å². The standard InChI is InChI=1S/C18H11ClF2N4O2S2/c19-17-14(25-29(26,27)16-4-2-11(20)7-12(16)21)5-10(8-23-17)9-1-3-13-15(6-9)28-18(22)24-13/h1-8,25H,(H2,22,24). The van der Waals surface area contributed by atoms with Crippen molar-refractivity contribution in [1.82, 2.24) is 9.97 Å². The van der Waals surface area contributed by atoms with Gasteiger partial charge >= 0.3 is 0 Å². The fourth-order valence-electron chi connectivity index (χ4n) is 2.69. The first-order chi connectivity index (χ1) is 13.7. The number of fused-ring (bicyclic) bond motifs is 1. The predicted molar refractivity (Wildman–Crippen MR) is 109 cm³/mol. The number of nitrogen functional groups attached to an aromatic ring is 1. The normalized spacial score (nSPS) is 11.7. The lowest BCUT2D eigenvalue weighted by atomic mass is 10.1. The van der Waals surface area contributed by atoms with Crippen LogP contribution in [-0.2, 0) is 10.0 Å². The molecular weight excluding hydrogens is 442 g/mol. The topological polar surface area (TPSA) is 98.0 Å². The Balaban J connectivity index is 1.72. The summed E-state index contributed by atoms with van der Waals surface area (Å²) >= 11 is 7.34. The summed E-state index contributed by atoms with van der Waals surface area (Å²) in [6, 6.07) is 9.05. The summed E-state index contributed by atoms with van der Waals surface area (Å²) in [5, 5.41) is 0.309. The molecule has 0 unspecified atom stereocenters. The Morgan fingerprint density at radius 1 is 1.07 bits per heavy atom. The van der Waals surface area contributed by atoms with Gasteiger partial charge in [0.25, 0.3) is 10.0 Å². The van der Waals surface area contributed by atoms with Crippen molar-refractivity contribution in [3.8, 4) is 11.1 Å². The zero-order chi connectivity index (χ0) is 20.8. The summed E-state index contributed by atoms with van der Waals surface area (Å²) in [6.07, 6.45) is 1.48. The first kappa shape index (κ1) is 19.5. The maximum atomic E-state index is 13.9. The van der Waals surface area contributed by atoms with Gasteiger partial charge < -0.3 is 5.73 Å². The third-order valence-electron chi connectivity index (χ3n) is 4.01. The number of nitrogens with two attached hydrogens (primary N) is 1. The highest BCUT2D eigenvalue weighted by Crippen LogP contribution is 2.32. The molecule has 0 atom stereocenters. The second-order valence-corrected chi connectivity index (χ2v) is 9.05. The molecule has 3 N–H and O–H groups in total. The van der Waals surface area contributed by atoms with E-state index in [4.69, 9.17) is 17.3 Å². The summed E-state index contributed by atoms with van der Waals surface area (Å²) in [5.41, 5.74) is 7.72. The average Bonchev–Trinajstić information content (AvgIpc) is 3.02.